The lowest BCUT2D eigenvalue weighted by atomic mass is 10.4. The van der Waals surface area contributed by atoms with Gasteiger partial charge in [-0.25, -0.2) is 9.97 Å². The minimum absolute atomic E-state index is 0.601. The summed E-state index contributed by atoms with van der Waals surface area (Å²) in [4.78, 5) is 8.10. The monoisotopic (exact) mass is 301 g/mol. The van der Waals surface area contributed by atoms with Gasteiger partial charge in [0, 0.05) is 11.8 Å². The first kappa shape index (κ1) is 9.38. The van der Waals surface area contributed by atoms with Gasteiger partial charge in [-0.05, 0) is 29.5 Å². The van der Waals surface area contributed by atoms with Crippen molar-refractivity contribution in [2.24, 2.45) is 0 Å². The fourth-order valence-corrected chi connectivity index (χ4v) is 1.43. The molecule has 0 amide bonds. The van der Waals surface area contributed by atoms with Crippen LogP contribution in [-0.2, 0) is 0 Å². The molecule has 14 heavy (non-hydrogen) atoms. The summed E-state index contributed by atoms with van der Waals surface area (Å²) in [5.74, 6) is 1.29. The number of aryl methyl sites for hydroxylation is 1. The van der Waals surface area contributed by atoms with Crippen molar-refractivity contribution in [3.8, 4) is 5.82 Å². The van der Waals surface area contributed by atoms with Crippen molar-refractivity contribution in [3.05, 3.63) is 27.9 Å². The molecule has 0 atom stereocenters. The molecule has 0 aliphatic heterocycles. The molecule has 0 saturated carbocycles. The minimum Gasteiger partial charge on any atom is -0.383 e. The first-order valence-corrected chi connectivity index (χ1v) is 5.04. The van der Waals surface area contributed by atoms with E-state index in [1.54, 1.807) is 10.9 Å². The van der Waals surface area contributed by atoms with Crippen molar-refractivity contribution in [3.63, 3.8) is 0 Å². The third-order valence-electron chi connectivity index (χ3n) is 1.77. The summed E-state index contributed by atoms with van der Waals surface area (Å²) in [5.41, 5.74) is 6.71. The number of anilines is 1. The van der Waals surface area contributed by atoms with Gasteiger partial charge in [0.25, 0.3) is 0 Å². The van der Waals surface area contributed by atoms with E-state index in [4.69, 9.17) is 5.73 Å². The maximum atomic E-state index is 5.82. The summed E-state index contributed by atoms with van der Waals surface area (Å²) >= 11 is 2.13. The highest BCUT2D eigenvalue weighted by atomic mass is 127. The predicted molar refractivity (Wildman–Crippen MR) is 61.0 cm³/mol. The number of hydrogen-bond acceptors (Lipinski definition) is 4. The summed E-state index contributed by atoms with van der Waals surface area (Å²) in [6, 6.07) is 1.83. The molecule has 0 unspecified atom stereocenters. The summed E-state index contributed by atoms with van der Waals surface area (Å²) < 4.78 is 2.51. The maximum absolute atomic E-state index is 5.82. The van der Waals surface area contributed by atoms with Gasteiger partial charge in [-0.15, -0.1) is 0 Å². The van der Waals surface area contributed by atoms with Crippen molar-refractivity contribution in [2.45, 2.75) is 6.92 Å². The molecule has 5 nitrogen and oxygen atoms in total. The number of nitrogens with two attached hydrogens (primary N) is 1. The second kappa shape index (κ2) is 3.52. The molecule has 6 heteroatoms. The van der Waals surface area contributed by atoms with Crippen molar-refractivity contribution >= 4 is 28.4 Å². The molecule has 0 aromatic carbocycles. The molecule has 2 heterocycles. The van der Waals surface area contributed by atoms with Crippen LogP contribution in [0.2, 0.25) is 0 Å². The molecule has 0 aliphatic rings. The van der Waals surface area contributed by atoms with Gasteiger partial charge >= 0.3 is 0 Å². The molecule has 2 aromatic rings. The van der Waals surface area contributed by atoms with E-state index < -0.39 is 0 Å². The SMILES string of the molecule is Cc1cc(-n2ncc(I)c2N)ncn1. The van der Waals surface area contributed by atoms with E-state index in [0.29, 0.717) is 11.6 Å². The van der Waals surface area contributed by atoms with Crippen LogP contribution in [0.25, 0.3) is 5.82 Å². The average molecular weight is 301 g/mol. The van der Waals surface area contributed by atoms with E-state index >= 15 is 0 Å². The Hall–Kier alpha value is -1.18. The normalized spacial score (nSPS) is 10.4. The molecule has 0 spiro atoms. The predicted octanol–water partition coefficient (Wildman–Crippen LogP) is 1.16. The van der Waals surface area contributed by atoms with Crippen LogP contribution in [0.15, 0.2) is 18.6 Å². The zero-order valence-electron chi connectivity index (χ0n) is 7.48. The number of hydrogen-bond donors (Lipinski definition) is 1. The van der Waals surface area contributed by atoms with Crippen LogP contribution in [0.3, 0.4) is 0 Å². The molecule has 2 rings (SSSR count). The second-order valence-electron chi connectivity index (χ2n) is 2.81. The largest absolute Gasteiger partial charge is 0.383 e. The van der Waals surface area contributed by atoms with Crippen LogP contribution in [0.4, 0.5) is 5.82 Å². The minimum atomic E-state index is 0.601. The molecular formula is C8H8IN5. The number of rotatable bonds is 1. The van der Waals surface area contributed by atoms with Crippen LogP contribution in [0.5, 0.6) is 0 Å². The lowest BCUT2D eigenvalue weighted by molar-refractivity contribution is 0.844. The zero-order valence-corrected chi connectivity index (χ0v) is 9.63. The fourth-order valence-electron chi connectivity index (χ4n) is 1.08. The summed E-state index contributed by atoms with van der Waals surface area (Å²) in [6.07, 6.45) is 3.20. The maximum Gasteiger partial charge on any atom is 0.159 e. The van der Waals surface area contributed by atoms with E-state index in [1.165, 1.54) is 6.33 Å². The Morgan fingerprint density at radius 2 is 2.21 bits per heavy atom. The average Bonchev–Trinajstić information content (AvgIpc) is 2.48. The van der Waals surface area contributed by atoms with E-state index in [2.05, 4.69) is 37.7 Å². The molecule has 0 aliphatic carbocycles. The van der Waals surface area contributed by atoms with Crippen LogP contribution in [-0.4, -0.2) is 19.7 Å². The van der Waals surface area contributed by atoms with Gasteiger partial charge in [0.2, 0.25) is 0 Å². The van der Waals surface area contributed by atoms with Gasteiger partial charge < -0.3 is 5.73 Å². The molecule has 2 N–H and O–H groups in total. The van der Waals surface area contributed by atoms with Gasteiger partial charge in [-0.3, -0.25) is 0 Å². The third-order valence-corrected chi connectivity index (χ3v) is 2.60. The fraction of sp³-hybridized carbons (Fsp3) is 0.125. The Bertz CT molecular complexity index is 465. The Morgan fingerprint density at radius 3 is 2.79 bits per heavy atom. The molecule has 72 valence electrons. The van der Waals surface area contributed by atoms with Crippen molar-refractivity contribution in [1.82, 2.24) is 19.7 Å². The summed E-state index contributed by atoms with van der Waals surface area (Å²) in [6.45, 7) is 1.90. The number of nitrogens with zero attached hydrogens (tertiary/aromatic N) is 4. The van der Waals surface area contributed by atoms with Crippen LogP contribution in [0.1, 0.15) is 5.69 Å². The van der Waals surface area contributed by atoms with E-state index in [9.17, 15) is 0 Å². The summed E-state index contributed by atoms with van der Waals surface area (Å²) in [7, 11) is 0. The lowest BCUT2D eigenvalue weighted by Gasteiger charge is -2.02. The molecule has 0 bridgehead atoms. The van der Waals surface area contributed by atoms with Gasteiger partial charge in [-0.1, -0.05) is 0 Å². The number of nitrogen functional groups attached to an aromatic ring is 1. The van der Waals surface area contributed by atoms with Crippen LogP contribution < -0.4 is 5.73 Å². The smallest absolute Gasteiger partial charge is 0.159 e. The Labute approximate surface area is 94.5 Å². The molecule has 0 radical (unpaired) electrons. The van der Waals surface area contributed by atoms with Crippen LogP contribution >= 0.6 is 22.6 Å². The van der Waals surface area contributed by atoms with Gasteiger partial charge in [-0.2, -0.15) is 9.78 Å². The van der Waals surface area contributed by atoms with Gasteiger partial charge in [0.05, 0.1) is 9.77 Å². The highest BCUT2D eigenvalue weighted by Gasteiger charge is 2.07. The lowest BCUT2D eigenvalue weighted by Crippen LogP contribution is -2.05. The van der Waals surface area contributed by atoms with Crippen molar-refractivity contribution in [2.75, 3.05) is 5.73 Å². The van der Waals surface area contributed by atoms with Crippen molar-refractivity contribution < 1.29 is 0 Å². The molecule has 0 fully saturated rings. The van der Waals surface area contributed by atoms with E-state index in [-0.39, 0.29) is 0 Å². The number of halogens is 1. The van der Waals surface area contributed by atoms with Crippen LogP contribution in [0, 0.1) is 10.5 Å². The third kappa shape index (κ3) is 1.57. The van der Waals surface area contributed by atoms with Gasteiger partial charge in [0.1, 0.15) is 12.1 Å². The molecule has 0 saturated heterocycles. The highest BCUT2D eigenvalue weighted by molar-refractivity contribution is 14.1. The Kier molecular flexibility index (Phi) is 2.36. The van der Waals surface area contributed by atoms with Crippen molar-refractivity contribution in [1.29, 1.82) is 0 Å². The quantitative estimate of drug-likeness (QED) is 0.802. The van der Waals surface area contributed by atoms with Gasteiger partial charge in [0.15, 0.2) is 5.82 Å². The standard InChI is InChI=1S/C8H8IN5/c1-5-2-7(12-4-11-5)14-8(10)6(9)3-13-14/h2-4H,10H2,1H3. The number of aromatic nitrogens is 4. The first-order valence-electron chi connectivity index (χ1n) is 3.96. The molecular weight excluding hydrogens is 293 g/mol. The zero-order chi connectivity index (χ0) is 10.1. The van der Waals surface area contributed by atoms with E-state index in [1.807, 2.05) is 13.0 Å². The Morgan fingerprint density at radius 1 is 1.43 bits per heavy atom. The van der Waals surface area contributed by atoms with E-state index in [0.717, 1.165) is 9.26 Å². The second-order valence-corrected chi connectivity index (χ2v) is 3.97. The first-order chi connectivity index (χ1) is 6.68. The topological polar surface area (TPSA) is 69.6 Å². The Balaban J connectivity index is 2.55. The summed E-state index contributed by atoms with van der Waals surface area (Å²) in [5, 5.41) is 4.12. The highest BCUT2D eigenvalue weighted by Crippen LogP contribution is 2.16. The molecule has 2 aromatic heterocycles.